The van der Waals surface area contributed by atoms with Crippen LogP contribution in [-0.4, -0.2) is 18.2 Å². The van der Waals surface area contributed by atoms with Crippen molar-refractivity contribution in [2.24, 2.45) is 0 Å². The number of thioether (sulfide) groups is 1. The molecule has 0 saturated carbocycles. The van der Waals surface area contributed by atoms with Gasteiger partial charge in [-0.3, -0.25) is 4.79 Å². The van der Waals surface area contributed by atoms with Crippen molar-refractivity contribution < 1.29 is 4.79 Å². The lowest BCUT2D eigenvalue weighted by molar-refractivity contribution is 0.0932. The summed E-state index contributed by atoms with van der Waals surface area (Å²) in [5, 5.41) is 3.16. The molecule has 1 N–H and O–H groups in total. The number of carbonyl (C=O) groups excluding carboxylic acids is 1. The molecule has 1 aromatic rings. The van der Waals surface area contributed by atoms with Crippen LogP contribution in [0.3, 0.4) is 0 Å². The molecule has 0 aliphatic carbocycles. The van der Waals surface area contributed by atoms with E-state index in [0.717, 1.165) is 31.2 Å². The van der Waals surface area contributed by atoms with Crippen LogP contribution in [-0.2, 0) is 0 Å². The molecule has 0 spiro atoms. The van der Waals surface area contributed by atoms with Gasteiger partial charge in [0.25, 0.3) is 5.91 Å². The fourth-order valence-corrected chi connectivity index (χ4v) is 2.85. The molecule has 0 aromatic heterocycles. The van der Waals surface area contributed by atoms with Crippen LogP contribution in [0.15, 0.2) is 23.1 Å². The van der Waals surface area contributed by atoms with Crippen molar-refractivity contribution in [3.8, 4) is 0 Å². The average molecular weight is 279 g/mol. The molecular formula is C16H25NOS. The van der Waals surface area contributed by atoms with Crippen molar-refractivity contribution in [1.29, 1.82) is 0 Å². The molecule has 19 heavy (non-hydrogen) atoms. The van der Waals surface area contributed by atoms with Gasteiger partial charge in [-0.15, -0.1) is 11.8 Å². The predicted molar refractivity (Wildman–Crippen MR) is 84.0 cm³/mol. The summed E-state index contributed by atoms with van der Waals surface area (Å²) in [5.74, 6) is 0.0576. The third kappa shape index (κ3) is 4.90. The molecule has 106 valence electrons. The van der Waals surface area contributed by atoms with Gasteiger partial charge in [-0.2, -0.15) is 0 Å². The number of rotatable bonds is 7. The molecule has 0 aliphatic heterocycles. The first kappa shape index (κ1) is 16.1. The molecule has 0 saturated heterocycles. The Bertz CT molecular complexity index is 411. The normalized spacial score (nSPS) is 10.8. The Morgan fingerprint density at radius 2 is 1.89 bits per heavy atom. The van der Waals surface area contributed by atoms with Crippen LogP contribution in [0.5, 0.6) is 0 Å². The lowest BCUT2D eigenvalue weighted by atomic mass is 10.1. The monoisotopic (exact) mass is 279 g/mol. The minimum atomic E-state index is 0.0576. The fraction of sp³-hybridized carbons (Fsp3) is 0.562. The third-order valence-corrected chi connectivity index (χ3v) is 4.16. The summed E-state index contributed by atoms with van der Waals surface area (Å²) in [6.45, 7) is 6.39. The van der Waals surface area contributed by atoms with Gasteiger partial charge in [-0.05, 0) is 43.7 Å². The Kier molecular flexibility index (Phi) is 7.00. The zero-order valence-electron chi connectivity index (χ0n) is 12.5. The number of nitrogens with one attached hydrogen (secondary N) is 1. The average Bonchev–Trinajstić information content (AvgIpc) is 2.39. The van der Waals surface area contributed by atoms with Gasteiger partial charge < -0.3 is 5.32 Å². The number of hydrogen-bond acceptors (Lipinski definition) is 2. The molecule has 1 aromatic carbocycles. The molecule has 0 bridgehead atoms. The topological polar surface area (TPSA) is 29.1 Å². The van der Waals surface area contributed by atoms with Gasteiger partial charge in [0.05, 0.1) is 0 Å². The summed E-state index contributed by atoms with van der Waals surface area (Å²) in [7, 11) is 0. The zero-order valence-corrected chi connectivity index (χ0v) is 13.3. The SMILES string of the molecule is CCCC(CCC)NC(=O)c1ccc(C)c(SC)c1. The van der Waals surface area contributed by atoms with E-state index in [0.29, 0.717) is 6.04 Å². The Morgan fingerprint density at radius 3 is 2.42 bits per heavy atom. The minimum Gasteiger partial charge on any atom is -0.349 e. The van der Waals surface area contributed by atoms with Crippen LogP contribution in [0.1, 0.15) is 55.5 Å². The summed E-state index contributed by atoms with van der Waals surface area (Å²) in [6, 6.07) is 6.24. The largest absolute Gasteiger partial charge is 0.349 e. The smallest absolute Gasteiger partial charge is 0.251 e. The molecule has 1 amide bonds. The van der Waals surface area contributed by atoms with E-state index in [1.807, 2.05) is 24.5 Å². The Labute approximate surface area is 121 Å². The van der Waals surface area contributed by atoms with E-state index in [9.17, 15) is 4.79 Å². The quantitative estimate of drug-likeness (QED) is 0.749. The minimum absolute atomic E-state index is 0.0576. The molecule has 3 heteroatoms. The second-order valence-corrected chi connectivity index (χ2v) is 5.78. The second-order valence-electron chi connectivity index (χ2n) is 4.93. The van der Waals surface area contributed by atoms with Crippen molar-refractivity contribution in [2.75, 3.05) is 6.26 Å². The number of hydrogen-bond donors (Lipinski definition) is 1. The highest BCUT2D eigenvalue weighted by Crippen LogP contribution is 2.21. The molecule has 0 atom stereocenters. The summed E-state index contributed by atoms with van der Waals surface area (Å²) in [6.07, 6.45) is 6.37. The number of carbonyl (C=O) groups is 1. The summed E-state index contributed by atoms with van der Waals surface area (Å²) < 4.78 is 0. The zero-order chi connectivity index (χ0) is 14.3. The summed E-state index contributed by atoms with van der Waals surface area (Å²) >= 11 is 1.69. The van der Waals surface area contributed by atoms with E-state index < -0.39 is 0 Å². The van der Waals surface area contributed by atoms with Gasteiger partial charge in [0, 0.05) is 16.5 Å². The van der Waals surface area contributed by atoms with Gasteiger partial charge in [0.1, 0.15) is 0 Å². The molecular weight excluding hydrogens is 254 g/mol. The fourth-order valence-electron chi connectivity index (χ4n) is 2.22. The highest BCUT2D eigenvalue weighted by Gasteiger charge is 2.13. The van der Waals surface area contributed by atoms with E-state index in [4.69, 9.17) is 0 Å². The van der Waals surface area contributed by atoms with Crippen molar-refractivity contribution in [1.82, 2.24) is 5.32 Å². The van der Waals surface area contributed by atoms with Gasteiger partial charge in [0.2, 0.25) is 0 Å². The summed E-state index contributed by atoms with van der Waals surface area (Å²) in [5.41, 5.74) is 2.00. The maximum atomic E-state index is 12.3. The molecule has 0 unspecified atom stereocenters. The van der Waals surface area contributed by atoms with E-state index in [-0.39, 0.29) is 5.91 Å². The van der Waals surface area contributed by atoms with Gasteiger partial charge in [0.15, 0.2) is 0 Å². The van der Waals surface area contributed by atoms with Gasteiger partial charge >= 0.3 is 0 Å². The Hall–Kier alpha value is -0.960. The molecule has 0 heterocycles. The van der Waals surface area contributed by atoms with E-state index in [1.165, 1.54) is 10.5 Å². The molecule has 0 fully saturated rings. The van der Waals surface area contributed by atoms with E-state index in [2.05, 4.69) is 26.1 Å². The Morgan fingerprint density at radius 1 is 1.26 bits per heavy atom. The lowest BCUT2D eigenvalue weighted by Crippen LogP contribution is -2.34. The van der Waals surface area contributed by atoms with Gasteiger partial charge in [-0.1, -0.05) is 32.8 Å². The molecule has 2 nitrogen and oxygen atoms in total. The van der Waals surface area contributed by atoms with Crippen molar-refractivity contribution in [3.05, 3.63) is 29.3 Å². The first-order valence-corrected chi connectivity index (χ1v) is 8.30. The molecule has 0 aliphatic rings. The van der Waals surface area contributed by atoms with Crippen LogP contribution in [0.2, 0.25) is 0 Å². The van der Waals surface area contributed by atoms with Crippen molar-refractivity contribution in [2.45, 2.75) is 57.4 Å². The van der Waals surface area contributed by atoms with E-state index in [1.54, 1.807) is 11.8 Å². The van der Waals surface area contributed by atoms with Crippen molar-refractivity contribution in [3.63, 3.8) is 0 Å². The van der Waals surface area contributed by atoms with Gasteiger partial charge in [-0.25, -0.2) is 0 Å². The highest BCUT2D eigenvalue weighted by molar-refractivity contribution is 7.98. The standard InChI is InChI=1S/C16H25NOS/c1-5-7-14(8-6-2)17-16(18)13-10-9-12(3)15(11-13)19-4/h9-11,14H,5-8H2,1-4H3,(H,17,18). The number of benzene rings is 1. The first-order chi connectivity index (χ1) is 9.12. The third-order valence-electron chi connectivity index (χ3n) is 3.28. The summed E-state index contributed by atoms with van der Waals surface area (Å²) in [4.78, 5) is 13.4. The Balaban J connectivity index is 2.76. The van der Waals surface area contributed by atoms with Crippen LogP contribution in [0.4, 0.5) is 0 Å². The highest BCUT2D eigenvalue weighted by atomic mass is 32.2. The van der Waals surface area contributed by atoms with Crippen LogP contribution in [0.25, 0.3) is 0 Å². The lowest BCUT2D eigenvalue weighted by Gasteiger charge is -2.17. The molecule has 1 rings (SSSR count). The maximum Gasteiger partial charge on any atom is 0.251 e. The first-order valence-electron chi connectivity index (χ1n) is 7.07. The van der Waals surface area contributed by atoms with E-state index >= 15 is 0 Å². The molecule has 0 radical (unpaired) electrons. The number of amides is 1. The van der Waals surface area contributed by atoms with Crippen LogP contribution < -0.4 is 5.32 Å². The van der Waals surface area contributed by atoms with Crippen LogP contribution in [0, 0.1) is 6.92 Å². The number of aryl methyl sites for hydroxylation is 1. The predicted octanol–water partition coefficient (Wildman–Crippen LogP) is 4.42. The second kappa shape index (κ2) is 8.26. The maximum absolute atomic E-state index is 12.3. The van der Waals surface area contributed by atoms with Crippen LogP contribution >= 0.6 is 11.8 Å². The van der Waals surface area contributed by atoms with Crippen molar-refractivity contribution >= 4 is 17.7 Å².